The fourth-order valence-electron chi connectivity index (χ4n) is 2.52. The van der Waals surface area contributed by atoms with Crippen LogP contribution in [0, 0.1) is 0 Å². The Balaban J connectivity index is 0.00000141. The molecule has 1 saturated heterocycles. The summed E-state index contributed by atoms with van der Waals surface area (Å²) >= 11 is 9.23. The molecule has 1 aliphatic heterocycles. The Morgan fingerprint density at radius 3 is 2.53 bits per heavy atom. The molecule has 5 N–H and O–H groups in total. The summed E-state index contributed by atoms with van der Waals surface area (Å²) in [5.74, 6) is 0.977. The third-order valence-electron chi connectivity index (χ3n) is 3.97. The topological polar surface area (TPSA) is 112 Å². The molecule has 9 nitrogen and oxygen atoms in total. The van der Waals surface area contributed by atoms with Gasteiger partial charge >= 0.3 is 0 Å². The number of thiocarbonyl (C=S) groups is 2. The van der Waals surface area contributed by atoms with Crippen molar-refractivity contribution in [1.82, 2.24) is 21.2 Å². The number of aromatic nitrogens is 1. The highest BCUT2D eigenvalue weighted by Gasteiger charge is 2.13. The largest absolute Gasteiger partial charge is 0.396 e. The van der Waals surface area contributed by atoms with E-state index in [-0.39, 0.29) is 0 Å². The molecule has 0 unspecified atom stereocenters. The van der Waals surface area contributed by atoms with Crippen molar-refractivity contribution in [2.75, 3.05) is 44.3 Å². The number of nitrogens with two attached hydrogens (primary N) is 1. The molecule has 30 heavy (non-hydrogen) atoms. The maximum atomic E-state index is 5.39. The van der Waals surface area contributed by atoms with Crippen molar-refractivity contribution in [2.24, 2.45) is 15.9 Å². The molecule has 2 heterocycles. The van der Waals surface area contributed by atoms with Crippen LogP contribution in [-0.2, 0) is 11.2 Å². The van der Waals surface area contributed by atoms with E-state index in [0.717, 1.165) is 67.7 Å². The molecule has 11 heteroatoms. The summed E-state index contributed by atoms with van der Waals surface area (Å²) in [6.45, 7) is 10.7. The highest BCUT2D eigenvalue weighted by atomic mass is 32.1. The minimum absolute atomic E-state index is 0.493. The van der Waals surface area contributed by atoms with E-state index in [1.165, 1.54) is 0 Å². The van der Waals surface area contributed by atoms with Crippen molar-refractivity contribution < 1.29 is 4.74 Å². The van der Waals surface area contributed by atoms with E-state index in [9.17, 15) is 0 Å². The predicted molar refractivity (Wildman–Crippen MR) is 132 cm³/mol. The Hall–Kier alpha value is -2.37. The number of pyridine rings is 1. The molecule has 1 aromatic heterocycles. The van der Waals surface area contributed by atoms with E-state index in [0.29, 0.717) is 11.5 Å². The molecule has 0 spiro atoms. The van der Waals surface area contributed by atoms with Crippen LogP contribution in [0.4, 0.5) is 5.82 Å². The van der Waals surface area contributed by atoms with Crippen molar-refractivity contribution in [3.8, 4) is 0 Å². The zero-order valence-corrected chi connectivity index (χ0v) is 19.5. The Morgan fingerprint density at radius 1 is 1.27 bits per heavy atom. The first-order valence-corrected chi connectivity index (χ1v) is 10.7. The number of anilines is 1. The smallest absolute Gasteiger partial charge is 0.186 e. The van der Waals surface area contributed by atoms with E-state index in [1.54, 1.807) is 0 Å². The van der Waals surface area contributed by atoms with Crippen molar-refractivity contribution in [3.05, 3.63) is 23.9 Å². The molecule has 0 aromatic carbocycles. The fourth-order valence-corrected chi connectivity index (χ4v) is 2.71. The van der Waals surface area contributed by atoms with E-state index in [4.69, 9.17) is 17.0 Å². The lowest BCUT2D eigenvalue weighted by Gasteiger charge is -2.27. The van der Waals surface area contributed by atoms with Gasteiger partial charge in [0.1, 0.15) is 5.82 Å². The predicted octanol–water partition coefficient (Wildman–Crippen LogP) is 1.19. The van der Waals surface area contributed by atoms with Crippen LogP contribution in [0.3, 0.4) is 0 Å². The Labute approximate surface area is 189 Å². The Bertz CT molecular complexity index is 703. The molecule has 0 atom stereocenters. The van der Waals surface area contributed by atoms with Crippen LogP contribution in [0.1, 0.15) is 26.3 Å². The molecule has 0 saturated carbocycles. The summed E-state index contributed by atoms with van der Waals surface area (Å²) in [6.07, 6.45) is 2.50. The zero-order valence-electron chi connectivity index (χ0n) is 17.9. The van der Waals surface area contributed by atoms with E-state index < -0.39 is 0 Å². The molecular formula is C19H32N8OS2. The number of rotatable bonds is 8. The standard InChI is InChI=1S/C18H29N7OS.CH3NS/c1-4-19-18(27)24-23-16(14(3)22-21-5-2)12-15-6-7-17(20-13-15)25-8-10-26-11-9-25;2-1-3/h6-7,13,21H,4-5,8-12H2,1-3H3,(H2,19,24,27);1H,(H2,2,3)/b22-14+,23-16+;. The molecule has 0 aliphatic carbocycles. The number of ether oxygens (including phenoxy) is 1. The van der Waals surface area contributed by atoms with Crippen LogP contribution in [0.5, 0.6) is 0 Å². The van der Waals surface area contributed by atoms with Crippen molar-refractivity contribution in [1.29, 1.82) is 0 Å². The Kier molecular flexibility index (Phi) is 13.2. The summed E-state index contributed by atoms with van der Waals surface area (Å²) in [7, 11) is 0. The number of morpholine rings is 1. The second-order valence-electron chi connectivity index (χ2n) is 6.18. The van der Waals surface area contributed by atoms with E-state index in [2.05, 4.69) is 60.3 Å². The van der Waals surface area contributed by atoms with Crippen molar-refractivity contribution >= 4 is 52.3 Å². The minimum atomic E-state index is 0.493. The summed E-state index contributed by atoms with van der Waals surface area (Å²) in [5.41, 5.74) is 14.2. The average Bonchev–Trinajstić information content (AvgIpc) is 2.76. The second kappa shape index (κ2) is 15.5. The van der Waals surface area contributed by atoms with Gasteiger partial charge in [0.25, 0.3) is 0 Å². The number of nitrogens with one attached hydrogen (secondary N) is 3. The highest BCUT2D eigenvalue weighted by Crippen LogP contribution is 2.13. The summed E-state index contributed by atoms with van der Waals surface area (Å²) in [4.78, 5) is 6.84. The first-order valence-electron chi connectivity index (χ1n) is 9.86. The van der Waals surface area contributed by atoms with Gasteiger partial charge < -0.3 is 26.1 Å². The number of nitrogens with zero attached hydrogens (tertiary/aromatic N) is 4. The lowest BCUT2D eigenvalue weighted by molar-refractivity contribution is 0.122. The SMILES string of the molecule is CCN/N=C(C)/C(Cc1ccc(N2CCOCC2)nc1)=N/NC(=S)NCC.NC=S. The summed E-state index contributed by atoms with van der Waals surface area (Å²) in [6, 6.07) is 4.13. The van der Waals surface area contributed by atoms with E-state index >= 15 is 0 Å². The van der Waals surface area contributed by atoms with Crippen molar-refractivity contribution in [3.63, 3.8) is 0 Å². The minimum Gasteiger partial charge on any atom is -0.396 e. The van der Waals surface area contributed by atoms with Gasteiger partial charge in [-0.2, -0.15) is 10.2 Å². The van der Waals surface area contributed by atoms with Gasteiger partial charge in [-0.25, -0.2) is 4.98 Å². The van der Waals surface area contributed by atoms with Crippen LogP contribution in [-0.4, -0.2) is 66.4 Å². The fraction of sp³-hybridized carbons (Fsp3) is 0.526. The quantitative estimate of drug-likeness (QED) is 0.262. The molecule has 0 radical (unpaired) electrons. The maximum Gasteiger partial charge on any atom is 0.186 e. The second-order valence-corrected chi connectivity index (χ2v) is 6.86. The molecule has 1 fully saturated rings. The van der Waals surface area contributed by atoms with Crippen LogP contribution in [0.2, 0.25) is 0 Å². The lowest BCUT2D eigenvalue weighted by atomic mass is 10.1. The van der Waals surface area contributed by atoms with Gasteiger partial charge in [-0.1, -0.05) is 18.3 Å². The lowest BCUT2D eigenvalue weighted by Crippen LogP contribution is -2.36. The first-order chi connectivity index (χ1) is 14.5. The van der Waals surface area contributed by atoms with Crippen LogP contribution in [0.15, 0.2) is 28.5 Å². The molecule has 166 valence electrons. The average molecular weight is 453 g/mol. The molecular weight excluding hydrogens is 420 g/mol. The zero-order chi connectivity index (χ0) is 22.2. The Morgan fingerprint density at radius 2 is 1.97 bits per heavy atom. The third-order valence-corrected chi connectivity index (χ3v) is 4.20. The normalized spacial score (nSPS) is 14.3. The van der Waals surface area contributed by atoms with Gasteiger partial charge in [0.2, 0.25) is 0 Å². The number of hydrogen-bond acceptors (Lipinski definition) is 8. The van der Waals surface area contributed by atoms with Gasteiger partial charge in [-0.05, 0) is 44.6 Å². The van der Waals surface area contributed by atoms with Gasteiger partial charge in [0.05, 0.1) is 30.1 Å². The van der Waals surface area contributed by atoms with Crippen LogP contribution < -0.4 is 26.8 Å². The molecule has 2 rings (SSSR count). The van der Waals surface area contributed by atoms with Gasteiger partial charge in [0.15, 0.2) is 5.11 Å². The third kappa shape index (κ3) is 9.90. The van der Waals surface area contributed by atoms with Gasteiger partial charge in [-0.15, -0.1) is 0 Å². The molecule has 0 bridgehead atoms. The monoisotopic (exact) mass is 452 g/mol. The van der Waals surface area contributed by atoms with Crippen molar-refractivity contribution in [2.45, 2.75) is 27.2 Å². The van der Waals surface area contributed by atoms with Gasteiger partial charge in [0, 0.05) is 38.8 Å². The number of hydrazone groups is 2. The van der Waals surface area contributed by atoms with E-state index in [1.807, 2.05) is 33.0 Å². The van der Waals surface area contributed by atoms with Crippen LogP contribution >= 0.6 is 24.4 Å². The summed E-state index contributed by atoms with van der Waals surface area (Å²) in [5, 5.41) is 12.3. The first kappa shape index (κ1) is 25.7. The molecule has 1 aliphatic rings. The summed E-state index contributed by atoms with van der Waals surface area (Å²) < 4.78 is 5.39. The van der Waals surface area contributed by atoms with Crippen LogP contribution in [0.25, 0.3) is 0 Å². The maximum absolute atomic E-state index is 5.39. The van der Waals surface area contributed by atoms with Gasteiger partial charge in [-0.3, -0.25) is 5.43 Å². The number of hydrogen-bond donors (Lipinski definition) is 4. The molecule has 1 aromatic rings. The molecule has 0 amide bonds. The highest BCUT2D eigenvalue weighted by molar-refractivity contribution is 7.80.